The number of anilines is 1. The average Bonchev–Trinajstić information content (AvgIpc) is 2.29. The van der Waals surface area contributed by atoms with Gasteiger partial charge in [-0.1, -0.05) is 15.9 Å². The number of aromatic amines is 1. The monoisotopic (exact) mass is 228 g/mol. The summed E-state index contributed by atoms with van der Waals surface area (Å²) in [6, 6.07) is 3.39. The van der Waals surface area contributed by atoms with Gasteiger partial charge in [0.1, 0.15) is 5.52 Å². The van der Waals surface area contributed by atoms with Crippen LogP contribution in [0.4, 0.5) is 5.69 Å². The highest BCUT2D eigenvalue weighted by molar-refractivity contribution is 9.10. The first-order valence-electron chi connectivity index (χ1n) is 3.24. The van der Waals surface area contributed by atoms with Gasteiger partial charge < -0.3 is 10.2 Å². The molecule has 0 spiro atoms. The summed E-state index contributed by atoms with van der Waals surface area (Å²) in [6.45, 7) is 0. The van der Waals surface area contributed by atoms with E-state index in [2.05, 4.69) is 20.9 Å². The van der Waals surface area contributed by atoms with Gasteiger partial charge in [0.25, 0.3) is 0 Å². The zero-order valence-electron chi connectivity index (χ0n) is 5.93. The van der Waals surface area contributed by atoms with Gasteiger partial charge in [0, 0.05) is 4.47 Å². The zero-order valence-corrected chi connectivity index (χ0v) is 7.51. The number of hydrogen-bond acceptors (Lipinski definition) is 3. The number of benzene rings is 1. The molecule has 0 aliphatic rings. The molecule has 0 bridgehead atoms. The molecule has 0 amide bonds. The van der Waals surface area contributed by atoms with Gasteiger partial charge in [-0.3, -0.25) is 4.98 Å². The average molecular weight is 229 g/mol. The maximum atomic E-state index is 10.8. The van der Waals surface area contributed by atoms with Crippen LogP contribution >= 0.6 is 15.9 Å². The van der Waals surface area contributed by atoms with Crippen LogP contribution in [0, 0.1) is 0 Å². The van der Waals surface area contributed by atoms with Crippen molar-refractivity contribution < 1.29 is 4.42 Å². The lowest BCUT2D eigenvalue weighted by atomic mass is 10.3. The number of fused-ring (bicyclic) bond motifs is 1. The third kappa shape index (κ3) is 1.02. The fourth-order valence-corrected chi connectivity index (χ4v) is 1.50. The van der Waals surface area contributed by atoms with Gasteiger partial charge >= 0.3 is 5.76 Å². The fourth-order valence-electron chi connectivity index (χ4n) is 1.04. The van der Waals surface area contributed by atoms with Gasteiger partial charge in [-0.25, -0.2) is 4.79 Å². The van der Waals surface area contributed by atoms with E-state index in [0.29, 0.717) is 16.8 Å². The lowest BCUT2D eigenvalue weighted by molar-refractivity contribution is 0.555. The highest BCUT2D eigenvalue weighted by atomic mass is 79.9. The van der Waals surface area contributed by atoms with Gasteiger partial charge in [-0.2, -0.15) is 0 Å². The number of nitrogens with two attached hydrogens (primary N) is 1. The second-order valence-electron chi connectivity index (χ2n) is 2.38. The van der Waals surface area contributed by atoms with E-state index in [0.717, 1.165) is 4.47 Å². The van der Waals surface area contributed by atoms with Crippen molar-refractivity contribution >= 4 is 32.7 Å². The van der Waals surface area contributed by atoms with Gasteiger partial charge in [0.05, 0.1) is 5.69 Å². The van der Waals surface area contributed by atoms with Gasteiger partial charge in [0.2, 0.25) is 0 Å². The maximum absolute atomic E-state index is 10.8. The predicted octanol–water partition coefficient (Wildman–Crippen LogP) is 1.47. The molecule has 1 aromatic heterocycles. The molecule has 62 valence electrons. The minimum absolute atomic E-state index is 0.465. The van der Waals surface area contributed by atoms with Crippen LogP contribution in [0.3, 0.4) is 0 Å². The van der Waals surface area contributed by atoms with Crippen molar-refractivity contribution in [3.05, 3.63) is 27.2 Å². The first-order valence-corrected chi connectivity index (χ1v) is 4.04. The molecule has 0 aliphatic heterocycles. The van der Waals surface area contributed by atoms with Crippen LogP contribution in [-0.4, -0.2) is 4.98 Å². The van der Waals surface area contributed by atoms with E-state index < -0.39 is 5.76 Å². The Labute approximate surface area is 75.5 Å². The molecule has 3 N–H and O–H groups in total. The lowest BCUT2D eigenvalue weighted by Crippen LogP contribution is -1.94. The topological polar surface area (TPSA) is 72.0 Å². The molecule has 0 aliphatic carbocycles. The van der Waals surface area contributed by atoms with Gasteiger partial charge in [0.15, 0.2) is 5.58 Å². The Kier molecular flexibility index (Phi) is 1.47. The third-order valence-electron chi connectivity index (χ3n) is 1.53. The van der Waals surface area contributed by atoms with Crippen molar-refractivity contribution in [1.29, 1.82) is 0 Å². The zero-order chi connectivity index (χ0) is 8.72. The maximum Gasteiger partial charge on any atom is 0.417 e. The van der Waals surface area contributed by atoms with Crippen molar-refractivity contribution in [2.75, 3.05) is 5.73 Å². The van der Waals surface area contributed by atoms with Crippen LogP contribution in [0.15, 0.2) is 25.8 Å². The molecular formula is C7H5BrN2O2. The lowest BCUT2D eigenvalue weighted by Gasteiger charge is -1.94. The Morgan fingerprint density at radius 3 is 3.00 bits per heavy atom. The minimum atomic E-state index is -0.491. The summed E-state index contributed by atoms with van der Waals surface area (Å²) < 4.78 is 5.60. The molecule has 5 heteroatoms. The highest BCUT2D eigenvalue weighted by Gasteiger charge is 2.04. The van der Waals surface area contributed by atoms with E-state index in [4.69, 9.17) is 10.2 Å². The largest absolute Gasteiger partial charge is 0.417 e. The van der Waals surface area contributed by atoms with E-state index in [-0.39, 0.29) is 0 Å². The van der Waals surface area contributed by atoms with E-state index in [1.54, 1.807) is 12.1 Å². The summed E-state index contributed by atoms with van der Waals surface area (Å²) in [5.74, 6) is -0.491. The standard InChI is InChI=1S/C7H5BrN2O2/c8-3-1-4(9)6-5(2-3)12-7(11)10-6/h1-2H,9H2,(H,10,11). The Morgan fingerprint density at radius 2 is 2.25 bits per heavy atom. The summed E-state index contributed by atoms with van der Waals surface area (Å²) in [4.78, 5) is 13.2. The quantitative estimate of drug-likeness (QED) is 0.671. The second-order valence-corrected chi connectivity index (χ2v) is 3.30. The number of nitrogen functional groups attached to an aromatic ring is 1. The van der Waals surface area contributed by atoms with Crippen LogP contribution in [-0.2, 0) is 0 Å². The molecule has 2 aromatic rings. The number of nitrogens with one attached hydrogen (secondary N) is 1. The summed E-state index contributed by atoms with van der Waals surface area (Å²) in [5, 5.41) is 0. The number of oxazole rings is 1. The molecular weight excluding hydrogens is 224 g/mol. The highest BCUT2D eigenvalue weighted by Crippen LogP contribution is 2.23. The smallest absolute Gasteiger partial charge is 0.408 e. The van der Waals surface area contributed by atoms with Crippen molar-refractivity contribution in [2.24, 2.45) is 0 Å². The first kappa shape index (κ1) is 7.42. The van der Waals surface area contributed by atoms with Crippen molar-refractivity contribution in [1.82, 2.24) is 4.98 Å². The molecule has 12 heavy (non-hydrogen) atoms. The van der Waals surface area contributed by atoms with Crippen molar-refractivity contribution in [3.63, 3.8) is 0 Å². The molecule has 1 aromatic carbocycles. The normalized spacial score (nSPS) is 10.8. The number of rotatable bonds is 0. The van der Waals surface area contributed by atoms with Crippen molar-refractivity contribution in [3.8, 4) is 0 Å². The molecule has 0 saturated carbocycles. The van der Waals surface area contributed by atoms with Crippen LogP contribution in [0.2, 0.25) is 0 Å². The summed E-state index contributed by atoms with van der Waals surface area (Å²) in [7, 11) is 0. The third-order valence-corrected chi connectivity index (χ3v) is 1.99. The summed E-state index contributed by atoms with van der Waals surface area (Å²) in [5.41, 5.74) is 7.11. The Hall–Kier alpha value is -1.23. The predicted molar refractivity (Wildman–Crippen MR) is 48.9 cm³/mol. The van der Waals surface area contributed by atoms with E-state index in [1.807, 2.05) is 0 Å². The molecule has 0 unspecified atom stereocenters. The number of H-pyrrole nitrogens is 1. The molecule has 0 fully saturated rings. The van der Waals surface area contributed by atoms with E-state index in [1.165, 1.54) is 0 Å². The van der Waals surface area contributed by atoms with Gasteiger partial charge in [-0.15, -0.1) is 0 Å². The van der Waals surface area contributed by atoms with Crippen LogP contribution in [0.25, 0.3) is 11.1 Å². The minimum Gasteiger partial charge on any atom is -0.408 e. The molecule has 0 atom stereocenters. The Balaban J connectivity index is 2.97. The Bertz CT molecular complexity index is 486. The Morgan fingerprint density at radius 1 is 1.50 bits per heavy atom. The summed E-state index contributed by atoms with van der Waals surface area (Å²) >= 11 is 3.24. The first-order chi connectivity index (χ1) is 5.66. The molecule has 1 heterocycles. The van der Waals surface area contributed by atoms with Crippen LogP contribution in [0.5, 0.6) is 0 Å². The molecule has 2 rings (SSSR count). The molecule has 4 nitrogen and oxygen atoms in total. The number of aromatic nitrogens is 1. The van der Waals surface area contributed by atoms with Crippen molar-refractivity contribution in [2.45, 2.75) is 0 Å². The molecule has 0 radical (unpaired) electrons. The van der Waals surface area contributed by atoms with Gasteiger partial charge in [-0.05, 0) is 12.1 Å². The second kappa shape index (κ2) is 2.38. The number of hydrogen-bond donors (Lipinski definition) is 2. The van der Waals surface area contributed by atoms with E-state index in [9.17, 15) is 4.79 Å². The van der Waals surface area contributed by atoms with Crippen LogP contribution in [0.1, 0.15) is 0 Å². The summed E-state index contributed by atoms with van der Waals surface area (Å²) in [6.07, 6.45) is 0. The number of halogens is 1. The SMILES string of the molecule is Nc1cc(Br)cc2oc(=O)[nH]c12. The fraction of sp³-hybridized carbons (Fsp3) is 0. The molecule has 0 saturated heterocycles. The van der Waals surface area contributed by atoms with Crippen LogP contribution < -0.4 is 11.5 Å². The van der Waals surface area contributed by atoms with E-state index >= 15 is 0 Å².